The summed E-state index contributed by atoms with van der Waals surface area (Å²) >= 11 is 3.42. The van der Waals surface area contributed by atoms with Crippen molar-refractivity contribution in [3.63, 3.8) is 0 Å². The molecule has 2 aliphatic heterocycles. The zero-order valence-electron chi connectivity index (χ0n) is 12.4. The molecule has 7 heteroatoms. The fraction of sp³-hybridized carbons (Fsp3) is 0.438. The number of likely N-dealkylation sites (tertiary alicyclic amines) is 1. The van der Waals surface area contributed by atoms with Gasteiger partial charge in [-0.05, 0) is 40.9 Å². The molecule has 3 rings (SSSR count). The van der Waals surface area contributed by atoms with Crippen LogP contribution in [0.3, 0.4) is 0 Å². The number of rotatable bonds is 3. The Hall–Kier alpha value is -1.89. The quantitative estimate of drug-likeness (QED) is 0.868. The number of carbonyl (C=O) groups excluding carboxylic acids is 2. The van der Waals surface area contributed by atoms with E-state index in [0.29, 0.717) is 25.9 Å². The summed E-state index contributed by atoms with van der Waals surface area (Å²) in [6.07, 6.45) is 1.30. The molecular weight excluding hydrogens is 364 g/mol. The summed E-state index contributed by atoms with van der Waals surface area (Å²) in [6, 6.07) is 6.61. The van der Waals surface area contributed by atoms with Crippen LogP contribution in [-0.2, 0) is 14.4 Å². The average molecular weight is 381 g/mol. The maximum Gasteiger partial charge on any atom is 0.326 e. The Bertz CT molecular complexity index is 663. The van der Waals surface area contributed by atoms with Crippen LogP contribution in [0.1, 0.15) is 19.3 Å². The molecule has 0 radical (unpaired) electrons. The molecule has 2 amide bonds. The molecule has 1 N–H and O–H groups in total. The second kappa shape index (κ2) is 6.31. The first kappa shape index (κ1) is 16.0. The van der Waals surface area contributed by atoms with E-state index in [-0.39, 0.29) is 18.2 Å². The fourth-order valence-electron chi connectivity index (χ4n) is 3.30. The highest BCUT2D eigenvalue weighted by Crippen LogP contribution is 2.32. The van der Waals surface area contributed by atoms with Gasteiger partial charge in [0.2, 0.25) is 11.8 Å². The number of hydrogen-bond donors (Lipinski definition) is 1. The van der Waals surface area contributed by atoms with Gasteiger partial charge in [-0.15, -0.1) is 0 Å². The number of amides is 2. The Morgan fingerprint density at radius 1 is 1.26 bits per heavy atom. The van der Waals surface area contributed by atoms with E-state index in [1.165, 1.54) is 4.90 Å². The lowest BCUT2D eigenvalue weighted by Gasteiger charge is -2.24. The van der Waals surface area contributed by atoms with Crippen LogP contribution in [0.4, 0.5) is 5.69 Å². The first-order valence-electron chi connectivity index (χ1n) is 7.57. The molecule has 2 saturated heterocycles. The topological polar surface area (TPSA) is 77.9 Å². The van der Waals surface area contributed by atoms with E-state index >= 15 is 0 Å². The molecule has 23 heavy (non-hydrogen) atoms. The number of carboxylic acid groups (broad SMARTS) is 1. The van der Waals surface area contributed by atoms with Crippen LogP contribution in [0.25, 0.3) is 0 Å². The third kappa shape index (κ3) is 2.97. The van der Waals surface area contributed by atoms with E-state index in [9.17, 15) is 19.5 Å². The van der Waals surface area contributed by atoms with Gasteiger partial charge in [0.05, 0.1) is 11.6 Å². The molecule has 0 spiro atoms. The zero-order valence-corrected chi connectivity index (χ0v) is 14.0. The number of hydrogen-bond acceptors (Lipinski definition) is 3. The predicted octanol–water partition coefficient (Wildman–Crippen LogP) is 1.88. The average Bonchev–Trinajstić information content (AvgIpc) is 3.14. The van der Waals surface area contributed by atoms with E-state index < -0.39 is 17.9 Å². The highest BCUT2D eigenvalue weighted by Gasteiger charge is 2.42. The molecule has 2 fully saturated rings. The molecule has 0 aromatic heterocycles. The van der Waals surface area contributed by atoms with E-state index in [1.807, 2.05) is 24.3 Å². The summed E-state index contributed by atoms with van der Waals surface area (Å²) in [4.78, 5) is 39.2. The molecule has 0 bridgehead atoms. The molecule has 2 heterocycles. The third-order valence-electron chi connectivity index (χ3n) is 4.44. The minimum absolute atomic E-state index is 0.110. The van der Waals surface area contributed by atoms with Crippen LogP contribution < -0.4 is 4.90 Å². The number of nitrogens with zero attached hydrogens (tertiary/aromatic N) is 2. The lowest BCUT2D eigenvalue weighted by atomic mass is 10.1. The smallest absolute Gasteiger partial charge is 0.326 e. The second-order valence-corrected chi connectivity index (χ2v) is 6.74. The Kier molecular flexibility index (Phi) is 4.39. The predicted molar refractivity (Wildman–Crippen MR) is 87.0 cm³/mol. The van der Waals surface area contributed by atoms with Gasteiger partial charge in [-0.2, -0.15) is 0 Å². The molecule has 0 saturated carbocycles. The Labute approximate surface area is 142 Å². The van der Waals surface area contributed by atoms with Gasteiger partial charge in [0, 0.05) is 24.0 Å². The van der Waals surface area contributed by atoms with Crippen LogP contribution in [0.15, 0.2) is 28.7 Å². The van der Waals surface area contributed by atoms with Gasteiger partial charge in [-0.1, -0.05) is 12.1 Å². The maximum atomic E-state index is 12.6. The molecule has 1 aromatic rings. The molecule has 2 aliphatic rings. The van der Waals surface area contributed by atoms with Crippen molar-refractivity contribution in [2.45, 2.75) is 25.3 Å². The van der Waals surface area contributed by atoms with E-state index in [1.54, 1.807) is 4.90 Å². The largest absolute Gasteiger partial charge is 0.480 e. The second-order valence-electron chi connectivity index (χ2n) is 5.88. The number of anilines is 1. The minimum Gasteiger partial charge on any atom is -0.480 e. The van der Waals surface area contributed by atoms with E-state index in [0.717, 1.165) is 10.2 Å². The zero-order chi connectivity index (χ0) is 16.6. The fourth-order valence-corrected chi connectivity index (χ4v) is 3.80. The van der Waals surface area contributed by atoms with Crippen molar-refractivity contribution in [3.05, 3.63) is 28.7 Å². The van der Waals surface area contributed by atoms with Crippen molar-refractivity contribution in [1.82, 2.24) is 4.90 Å². The van der Waals surface area contributed by atoms with Crippen molar-refractivity contribution in [2.75, 3.05) is 18.0 Å². The van der Waals surface area contributed by atoms with Gasteiger partial charge in [-0.25, -0.2) is 4.79 Å². The number of carboxylic acids is 1. The number of carbonyl (C=O) groups is 3. The van der Waals surface area contributed by atoms with E-state index in [4.69, 9.17) is 0 Å². The molecule has 1 aromatic carbocycles. The minimum atomic E-state index is -0.970. The Morgan fingerprint density at radius 2 is 2.00 bits per heavy atom. The molecule has 1 unspecified atom stereocenters. The summed E-state index contributed by atoms with van der Waals surface area (Å²) in [7, 11) is 0. The summed E-state index contributed by atoms with van der Waals surface area (Å²) in [6.45, 7) is 0.749. The van der Waals surface area contributed by atoms with Gasteiger partial charge in [0.1, 0.15) is 6.04 Å². The van der Waals surface area contributed by atoms with Crippen LogP contribution in [0.5, 0.6) is 0 Å². The Morgan fingerprint density at radius 3 is 2.70 bits per heavy atom. The van der Waals surface area contributed by atoms with Gasteiger partial charge >= 0.3 is 5.97 Å². The first-order valence-corrected chi connectivity index (χ1v) is 8.36. The summed E-state index contributed by atoms with van der Waals surface area (Å²) in [5.41, 5.74) is 0.740. The summed E-state index contributed by atoms with van der Waals surface area (Å²) in [5.74, 6) is -1.78. The molecule has 122 valence electrons. The van der Waals surface area contributed by atoms with Crippen LogP contribution in [0.2, 0.25) is 0 Å². The molecule has 2 atom stereocenters. The van der Waals surface area contributed by atoms with Crippen molar-refractivity contribution in [2.24, 2.45) is 5.92 Å². The van der Waals surface area contributed by atoms with Crippen molar-refractivity contribution in [1.29, 1.82) is 0 Å². The highest BCUT2D eigenvalue weighted by molar-refractivity contribution is 9.10. The Balaban J connectivity index is 1.76. The van der Waals surface area contributed by atoms with Crippen molar-refractivity contribution in [3.8, 4) is 0 Å². The van der Waals surface area contributed by atoms with Gasteiger partial charge in [0.25, 0.3) is 0 Å². The van der Waals surface area contributed by atoms with Crippen LogP contribution >= 0.6 is 15.9 Å². The lowest BCUT2D eigenvalue weighted by Crippen LogP contribution is -2.44. The normalized spacial score (nSPS) is 24.3. The number of benzene rings is 1. The highest BCUT2D eigenvalue weighted by atomic mass is 79.9. The lowest BCUT2D eigenvalue weighted by molar-refractivity contribution is -0.149. The summed E-state index contributed by atoms with van der Waals surface area (Å²) in [5, 5.41) is 9.22. The standard InChI is InChI=1S/C16H17BrN2O4/c17-11-4-1-2-5-12(11)19-9-10(8-14(19)20)15(21)18-7-3-6-13(18)16(22)23/h1-2,4-5,10,13H,3,6-9H2,(H,22,23)/t10?,13-/m1/s1. The van der Waals surface area contributed by atoms with Crippen LogP contribution in [-0.4, -0.2) is 46.9 Å². The van der Waals surface area contributed by atoms with Crippen LogP contribution in [0, 0.1) is 5.92 Å². The first-order chi connectivity index (χ1) is 11.0. The number of aliphatic carboxylic acids is 1. The molecular formula is C16H17BrN2O4. The van der Waals surface area contributed by atoms with Crippen molar-refractivity contribution < 1.29 is 19.5 Å². The van der Waals surface area contributed by atoms with Crippen molar-refractivity contribution >= 4 is 39.4 Å². The monoisotopic (exact) mass is 380 g/mol. The van der Waals surface area contributed by atoms with Gasteiger partial charge in [-0.3, -0.25) is 9.59 Å². The van der Waals surface area contributed by atoms with E-state index in [2.05, 4.69) is 15.9 Å². The van der Waals surface area contributed by atoms with Gasteiger partial charge in [0.15, 0.2) is 0 Å². The molecule has 0 aliphatic carbocycles. The summed E-state index contributed by atoms with van der Waals surface area (Å²) < 4.78 is 0.797. The third-order valence-corrected chi connectivity index (χ3v) is 5.11. The van der Waals surface area contributed by atoms with Gasteiger partial charge < -0.3 is 14.9 Å². The maximum absolute atomic E-state index is 12.6. The SMILES string of the molecule is O=C(O)[C@H]1CCCN1C(=O)C1CC(=O)N(c2ccccc2Br)C1. The number of para-hydroxylation sites is 1. The number of halogens is 1. The molecule has 6 nitrogen and oxygen atoms in total.